The average molecular weight is 303 g/mol. The Kier molecular flexibility index (Phi) is 5.01. The molecule has 4 heteroatoms. The van der Waals surface area contributed by atoms with Gasteiger partial charge in [-0.05, 0) is 30.7 Å². The number of nitrogens with one attached hydrogen (secondary N) is 1. The van der Waals surface area contributed by atoms with Crippen LogP contribution in [0.3, 0.4) is 0 Å². The lowest BCUT2D eigenvalue weighted by Gasteiger charge is -2.20. The van der Waals surface area contributed by atoms with Crippen molar-refractivity contribution in [3.8, 4) is 0 Å². The van der Waals surface area contributed by atoms with Crippen molar-refractivity contribution >= 4 is 11.7 Å². The fourth-order valence-electron chi connectivity index (χ4n) is 2.61. The van der Waals surface area contributed by atoms with Gasteiger partial charge in [-0.25, -0.2) is 0 Å². The van der Waals surface area contributed by atoms with Crippen LogP contribution in [0.1, 0.15) is 56.5 Å². The van der Waals surface area contributed by atoms with E-state index in [1.807, 2.05) is 19.1 Å². The molecule has 1 aromatic rings. The summed E-state index contributed by atoms with van der Waals surface area (Å²) in [5.74, 6) is -1.06. The lowest BCUT2D eigenvalue weighted by molar-refractivity contribution is -0.118. The number of hydrogen-bond donors (Lipinski definition) is 1. The normalized spacial score (nSPS) is 19.7. The number of amides is 1. The molecule has 1 N–H and O–H groups in total. The van der Waals surface area contributed by atoms with Crippen molar-refractivity contribution in [3.05, 3.63) is 35.4 Å². The summed E-state index contributed by atoms with van der Waals surface area (Å²) in [6.07, 6.45) is 1.95. The van der Waals surface area contributed by atoms with Gasteiger partial charge in [0.15, 0.2) is 0 Å². The molecule has 2 unspecified atom stereocenters. The largest absolute Gasteiger partial charge is 0.376 e. The van der Waals surface area contributed by atoms with Gasteiger partial charge in [0, 0.05) is 12.2 Å². The van der Waals surface area contributed by atoms with Crippen LogP contribution in [-0.2, 0) is 14.9 Å². The van der Waals surface area contributed by atoms with E-state index < -0.39 is 11.7 Å². The second-order valence-corrected chi connectivity index (χ2v) is 6.97. The summed E-state index contributed by atoms with van der Waals surface area (Å²) < 4.78 is 5.53. The number of benzene rings is 1. The molecule has 0 spiro atoms. The number of ketones is 1. The summed E-state index contributed by atoms with van der Waals surface area (Å²) >= 11 is 0. The average Bonchev–Trinajstić information content (AvgIpc) is 3.00. The predicted octanol–water partition coefficient (Wildman–Crippen LogP) is 2.85. The Labute approximate surface area is 132 Å². The Balaban J connectivity index is 1.99. The molecular formula is C18H25NO3. The minimum Gasteiger partial charge on any atom is -0.376 e. The molecule has 0 radical (unpaired) electrons. The first-order valence-electron chi connectivity index (χ1n) is 7.86. The van der Waals surface area contributed by atoms with Gasteiger partial charge in [-0.1, -0.05) is 45.0 Å². The van der Waals surface area contributed by atoms with E-state index in [1.54, 1.807) is 12.1 Å². The van der Waals surface area contributed by atoms with Gasteiger partial charge in [0.25, 0.3) is 5.91 Å². The Bertz CT molecular complexity index is 536. The molecule has 120 valence electrons. The molecular weight excluding hydrogens is 278 g/mol. The lowest BCUT2D eigenvalue weighted by atomic mass is 9.86. The maximum atomic E-state index is 12.2. The van der Waals surface area contributed by atoms with Gasteiger partial charge in [-0.2, -0.15) is 0 Å². The molecule has 0 bridgehead atoms. The third-order valence-corrected chi connectivity index (χ3v) is 4.10. The van der Waals surface area contributed by atoms with Gasteiger partial charge < -0.3 is 10.1 Å². The first-order chi connectivity index (χ1) is 10.3. The highest BCUT2D eigenvalue weighted by Gasteiger charge is 2.26. The first-order valence-corrected chi connectivity index (χ1v) is 7.86. The van der Waals surface area contributed by atoms with E-state index >= 15 is 0 Å². The molecule has 0 saturated carbocycles. The first kappa shape index (κ1) is 16.7. The third kappa shape index (κ3) is 3.95. The van der Waals surface area contributed by atoms with Crippen LogP contribution >= 0.6 is 0 Å². The molecule has 2 atom stereocenters. The fraction of sp³-hybridized carbons (Fsp3) is 0.556. The molecule has 1 aliphatic rings. The van der Waals surface area contributed by atoms with Crippen molar-refractivity contribution in [2.45, 2.75) is 58.1 Å². The SMILES string of the molecule is CC(NC(=O)C(=O)c1ccc(C(C)(C)C)cc1)C1CCCO1. The summed E-state index contributed by atoms with van der Waals surface area (Å²) in [5.41, 5.74) is 1.58. The van der Waals surface area contributed by atoms with Crippen molar-refractivity contribution in [2.75, 3.05) is 6.61 Å². The molecule has 1 aliphatic heterocycles. The fourth-order valence-corrected chi connectivity index (χ4v) is 2.61. The maximum Gasteiger partial charge on any atom is 0.292 e. The van der Waals surface area contributed by atoms with Crippen LogP contribution in [-0.4, -0.2) is 30.4 Å². The molecule has 1 aromatic carbocycles. The van der Waals surface area contributed by atoms with Crippen LogP contribution < -0.4 is 5.32 Å². The highest BCUT2D eigenvalue weighted by molar-refractivity contribution is 6.42. The van der Waals surface area contributed by atoms with Gasteiger partial charge in [-0.15, -0.1) is 0 Å². The van der Waals surface area contributed by atoms with Gasteiger partial charge >= 0.3 is 0 Å². The highest BCUT2D eigenvalue weighted by atomic mass is 16.5. The Morgan fingerprint density at radius 1 is 1.23 bits per heavy atom. The number of rotatable bonds is 4. The second-order valence-electron chi connectivity index (χ2n) is 6.97. The summed E-state index contributed by atoms with van der Waals surface area (Å²) in [6.45, 7) is 8.94. The molecule has 1 saturated heterocycles. The van der Waals surface area contributed by atoms with Gasteiger partial charge in [-0.3, -0.25) is 9.59 Å². The molecule has 1 fully saturated rings. The zero-order valence-electron chi connectivity index (χ0n) is 13.8. The smallest absolute Gasteiger partial charge is 0.292 e. The van der Waals surface area contributed by atoms with E-state index in [9.17, 15) is 9.59 Å². The molecule has 1 heterocycles. The van der Waals surface area contributed by atoms with Gasteiger partial charge in [0.1, 0.15) is 0 Å². The number of Topliss-reactive ketones (excluding diaryl/α,β-unsaturated/α-hetero) is 1. The predicted molar refractivity (Wildman–Crippen MR) is 86.1 cm³/mol. The molecule has 0 aliphatic carbocycles. The van der Waals surface area contributed by atoms with Crippen LogP contribution in [0.4, 0.5) is 0 Å². The quantitative estimate of drug-likeness (QED) is 0.687. The van der Waals surface area contributed by atoms with E-state index in [1.165, 1.54) is 0 Å². The summed E-state index contributed by atoms with van der Waals surface area (Å²) in [6, 6.07) is 7.11. The van der Waals surface area contributed by atoms with Crippen molar-refractivity contribution in [1.29, 1.82) is 0 Å². The second kappa shape index (κ2) is 6.61. The number of hydrogen-bond acceptors (Lipinski definition) is 3. The molecule has 1 amide bonds. The zero-order valence-corrected chi connectivity index (χ0v) is 13.8. The monoisotopic (exact) mass is 303 g/mol. The van der Waals surface area contributed by atoms with Gasteiger partial charge in [0.2, 0.25) is 5.78 Å². The van der Waals surface area contributed by atoms with E-state index in [0.29, 0.717) is 5.56 Å². The Hall–Kier alpha value is -1.68. The number of carbonyl (C=O) groups excluding carboxylic acids is 2. The summed E-state index contributed by atoms with van der Waals surface area (Å²) in [5, 5.41) is 2.75. The minimum atomic E-state index is -0.563. The molecule has 4 nitrogen and oxygen atoms in total. The van der Waals surface area contributed by atoms with Crippen LogP contribution in [0.5, 0.6) is 0 Å². The summed E-state index contributed by atoms with van der Waals surface area (Å²) in [4.78, 5) is 24.3. The number of carbonyl (C=O) groups is 2. The van der Waals surface area contributed by atoms with E-state index in [-0.39, 0.29) is 17.6 Å². The Morgan fingerprint density at radius 2 is 1.86 bits per heavy atom. The lowest BCUT2D eigenvalue weighted by Crippen LogP contribution is -2.43. The van der Waals surface area contributed by atoms with E-state index in [2.05, 4.69) is 26.1 Å². The zero-order chi connectivity index (χ0) is 16.3. The van der Waals surface area contributed by atoms with Crippen LogP contribution in [0.25, 0.3) is 0 Å². The molecule has 0 aromatic heterocycles. The molecule has 2 rings (SSSR count). The van der Waals surface area contributed by atoms with E-state index in [4.69, 9.17) is 4.74 Å². The van der Waals surface area contributed by atoms with Crippen LogP contribution in [0.2, 0.25) is 0 Å². The van der Waals surface area contributed by atoms with Crippen LogP contribution in [0, 0.1) is 0 Å². The minimum absolute atomic E-state index is 0.0139. The van der Waals surface area contributed by atoms with Crippen molar-refractivity contribution < 1.29 is 14.3 Å². The van der Waals surface area contributed by atoms with Crippen molar-refractivity contribution in [2.24, 2.45) is 0 Å². The van der Waals surface area contributed by atoms with Crippen molar-refractivity contribution in [3.63, 3.8) is 0 Å². The standard InChI is InChI=1S/C18H25NO3/c1-12(15-6-5-11-22-15)19-17(21)16(20)13-7-9-14(10-8-13)18(2,3)4/h7-10,12,15H,5-6,11H2,1-4H3,(H,19,21). The third-order valence-electron chi connectivity index (χ3n) is 4.10. The van der Waals surface area contributed by atoms with E-state index in [0.717, 1.165) is 25.0 Å². The highest BCUT2D eigenvalue weighted by Crippen LogP contribution is 2.22. The number of ether oxygens (including phenoxy) is 1. The molecule has 22 heavy (non-hydrogen) atoms. The summed E-state index contributed by atoms with van der Waals surface area (Å²) in [7, 11) is 0. The van der Waals surface area contributed by atoms with Crippen LogP contribution in [0.15, 0.2) is 24.3 Å². The van der Waals surface area contributed by atoms with Crippen molar-refractivity contribution in [1.82, 2.24) is 5.32 Å². The Morgan fingerprint density at radius 3 is 2.36 bits per heavy atom. The maximum absolute atomic E-state index is 12.2. The van der Waals surface area contributed by atoms with Gasteiger partial charge in [0.05, 0.1) is 12.1 Å². The topological polar surface area (TPSA) is 55.4 Å².